The molecule has 0 N–H and O–H groups in total. The van der Waals surface area contributed by atoms with Crippen LogP contribution in [-0.2, 0) is 23.9 Å². The van der Waals surface area contributed by atoms with Crippen LogP contribution in [0.2, 0.25) is 0 Å². The Morgan fingerprint density at radius 1 is 0.535 bits per heavy atom. The van der Waals surface area contributed by atoms with E-state index in [2.05, 4.69) is 9.97 Å². The molecule has 9 nitrogen and oxygen atoms in total. The van der Waals surface area contributed by atoms with E-state index in [-0.39, 0.29) is 5.75 Å². The monoisotopic (exact) mass is 569 g/mol. The maximum absolute atomic E-state index is 11.2. The smallest absolute Gasteiger partial charge is 0.298 e. The number of ether oxygens (including phenoxy) is 3. The van der Waals surface area contributed by atoms with Crippen molar-refractivity contribution in [2.75, 3.05) is 0 Å². The van der Waals surface area contributed by atoms with Crippen molar-refractivity contribution in [3.05, 3.63) is 132 Å². The Morgan fingerprint density at radius 3 is 1.42 bits per heavy atom. The van der Waals surface area contributed by atoms with Crippen LogP contribution in [0, 0.1) is 0 Å². The zero-order chi connectivity index (χ0) is 29.9. The van der Waals surface area contributed by atoms with Crippen LogP contribution >= 0.6 is 0 Å². The third-order valence-corrected chi connectivity index (χ3v) is 6.14. The van der Waals surface area contributed by atoms with Crippen molar-refractivity contribution in [1.29, 1.82) is 0 Å². The second-order valence-electron chi connectivity index (χ2n) is 8.91. The fraction of sp³-hybridized carbons (Fsp3) is 0. The summed E-state index contributed by atoms with van der Waals surface area (Å²) in [7, 11) is 0. The first-order valence-electron chi connectivity index (χ1n) is 13.0. The largest absolute Gasteiger partial charge is 0.429 e. The molecule has 0 aliphatic carbocycles. The molecule has 0 amide bonds. The molecule has 5 aromatic rings. The number of carbonyl (C=O) groups is 3. The summed E-state index contributed by atoms with van der Waals surface area (Å²) in [5.74, 6) is 0.966. The maximum atomic E-state index is 11.2. The van der Waals surface area contributed by atoms with Gasteiger partial charge in [0.1, 0.15) is 17.3 Å². The highest BCUT2D eigenvalue weighted by Gasteiger charge is 2.12. The van der Waals surface area contributed by atoms with Crippen molar-refractivity contribution in [1.82, 2.24) is 15.0 Å². The third kappa shape index (κ3) is 7.30. The van der Waals surface area contributed by atoms with Crippen LogP contribution in [0.15, 0.2) is 109 Å². The molecule has 3 aromatic heterocycles. The van der Waals surface area contributed by atoms with Gasteiger partial charge in [-0.1, -0.05) is 60.7 Å². The van der Waals surface area contributed by atoms with E-state index >= 15 is 0 Å². The third-order valence-electron chi connectivity index (χ3n) is 6.14. The SMILES string of the molecule is O=CO/C(=C/c1ccnc(-c2cc(OC=O)cc(-c3cc(/C=C(/OC=O)c4ccccc4)ccn3)n2)c1)c1ccccc1. The molecule has 0 fully saturated rings. The molecule has 9 heteroatoms. The summed E-state index contributed by atoms with van der Waals surface area (Å²) in [6, 6.07) is 28.7. The zero-order valence-electron chi connectivity index (χ0n) is 22.6. The highest BCUT2D eigenvalue weighted by atomic mass is 16.5. The Hall–Kier alpha value is -6.22. The number of rotatable bonds is 12. The van der Waals surface area contributed by atoms with Crippen LogP contribution < -0.4 is 4.74 Å². The van der Waals surface area contributed by atoms with Gasteiger partial charge in [-0.05, 0) is 47.5 Å². The lowest BCUT2D eigenvalue weighted by Gasteiger charge is -2.10. The van der Waals surface area contributed by atoms with Gasteiger partial charge in [0.2, 0.25) is 0 Å². The maximum Gasteiger partial charge on any atom is 0.298 e. The van der Waals surface area contributed by atoms with Crippen LogP contribution in [0.4, 0.5) is 0 Å². The van der Waals surface area contributed by atoms with E-state index in [4.69, 9.17) is 19.2 Å². The highest BCUT2D eigenvalue weighted by Crippen LogP contribution is 2.29. The average molecular weight is 570 g/mol. The zero-order valence-corrected chi connectivity index (χ0v) is 22.6. The normalized spacial score (nSPS) is 11.3. The van der Waals surface area contributed by atoms with E-state index in [1.165, 1.54) is 0 Å². The van der Waals surface area contributed by atoms with Crippen molar-refractivity contribution >= 4 is 43.1 Å². The van der Waals surface area contributed by atoms with Gasteiger partial charge < -0.3 is 14.2 Å². The topological polar surface area (TPSA) is 118 Å². The molecule has 0 radical (unpaired) electrons. The van der Waals surface area contributed by atoms with Gasteiger partial charge in [-0.25, -0.2) is 4.98 Å². The van der Waals surface area contributed by atoms with Crippen LogP contribution in [0.5, 0.6) is 5.75 Å². The van der Waals surface area contributed by atoms with Gasteiger partial charge in [-0.15, -0.1) is 0 Å². The van der Waals surface area contributed by atoms with Gasteiger partial charge in [0.05, 0.1) is 22.8 Å². The van der Waals surface area contributed by atoms with Gasteiger partial charge in [-0.2, -0.15) is 0 Å². The fourth-order valence-corrected chi connectivity index (χ4v) is 4.23. The van der Waals surface area contributed by atoms with Crippen LogP contribution in [0.3, 0.4) is 0 Å². The predicted octanol–water partition coefficient (Wildman–Crippen LogP) is 6.08. The van der Waals surface area contributed by atoms with Crippen molar-refractivity contribution < 1.29 is 28.6 Å². The summed E-state index contributed by atoms with van der Waals surface area (Å²) >= 11 is 0. The number of aromatic nitrogens is 3. The van der Waals surface area contributed by atoms with Crippen molar-refractivity contribution in [2.24, 2.45) is 0 Å². The minimum Gasteiger partial charge on any atom is -0.429 e. The first-order chi connectivity index (χ1) is 21.2. The molecule has 0 spiro atoms. The van der Waals surface area contributed by atoms with Gasteiger partial charge >= 0.3 is 0 Å². The van der Waals surface area contributed by atoms with E-state index in [0.717, 1.165) is 11.1 Å². The van der Waals surface area contributed by atoms with E-state index in [9.17, 15) is 14.4 Å². The Morgan fingerprint density at radius 2 is 1.00 bits per heavy atom. The molecule has 210 valence electrons. The molecular formula is C34H23N3O6. The fourth-order valence-electron chi connectivity index (χ4n) is 4.23. The molecule has 2 aromatic carbocycles. The summed E-state index contributed by atoms with van der Waals surface area (Å²) in [5, 5.41) is 0. The van der Waals surface area contributed by atoms with Gasteiger partial charge in [0.15, 0.2) is 0 Å². The highest BCUT2D eigenvalue weighted by molar-refractivity contribution is 5.82. The van der Waals surface area contributed by atoms with E-state index < -0.39 is 0 Å². The van der Waals surface area contributed by atoms with Crippen LogP contribution in [0.1, 0.15) is 22.3 Å². The average Bonchev–Trinajstić information content (AvgIpc) is 3.05. The van der Waals surface area contributed by atoms with E-state index in [1.54, 1.807) is 60.9 Å². The molecule has 0 bridgehead atoms. The summed E-state index contributed by atoms with van der Waals surface area (Å²) in [4.78, 5) is 47.2. The van der Waals surface area contributed by atoms with Gasteiger partial charge in [0.25, 0.3) is 19.4 Å². The molecule has 0 aliphatic rings. The molecular weight excluding hydrogens is 546 g/mol. The number of benzene rings is 2. The molecule has 0 atom stereocenters. The van der Waals surface area contributed by atoms with Gasteiger partial charge in [0, 0.05) is 35.7 Å². The Kier molecular flexibility index (Phi) is 9.16. The Labute approximate surface area is 246 Å². The number of nitrogens with zero attached hydrogens (tertiary/aromatic N) is 3. The molecule has 0 unspecified atom stereocenters. The lowest BCUT2D eigenvalue weighted by molar-refractivity contribution is -0.123. The summed E-state index contributed by atoms with van der Waals surface area (Å²) in [6.45, 7) is 1.08. The quantitative estimate of drug-likeness (QED) is 0.130. The van der Waals surface area contributed by atoms with Crippen molar-refractivity contribution in [3.8, 4) is 28.5 Å². The molecule has 0 saturated heterocycles. The second kappa shape index (κ2) is 13.9. The Bertz CT molecular complexity index is 1680. The van der Waals surface area contributed by atoms with E-state index in [1.807, 2.05) is 60.7 Å². The number of pyridine rings is 3. The molecule has 0 saturated carbocycles. The summed E-state index contributed by atoms with van der Waals surface area (Å²) < 4.78 is 15.6. The summed E-state index contributed by atoms with van der Waals surface area (Å²) in [5.41, 5.74) is 4.64. The minimum absolute atomic E-state index is 0.240. The standard InChI is InChI=1S/C34H23N3O6/c38-21-41-28-19-31(29-15-24(11-13-35-29)17-33(42-22-39)26-7-3-1-4-8-26)37-32(20-28)30-16-25(12-14-36-30)18-34(43-23-40)27-9-5-2-6-10-27/h1-23H/b33-17+,34-18+. The second-order valence-corrected chi connectivity index (χ2v) is 8.91. The first-order valence-corrected chi connectivity index (χ1v) is 13.0. The lowest BCUT2D eigenvalue weighted by Crippen LogP contribution is -1.97. The Balaban J connectivity index is 1.54. The van der Waals surface area contributed by atoms with Gasteiger partial charge in [-0.3, -0.25) is 24.4 Å². The predicted molar refractivity (Wildman–Crippen MR) is 160 cm³/mol. The first kappa shape index (κ1) is 28.3. The van der Waals surface area contributed by atoms with Crippen LogP contribution in [-0.4, -0.2) is 34.4 Å². The molecule has 3 heterocycles. The van der Waals surface area contributed by atoms with E-state index in [0.29, 0.717) is 64.8 Å². The minimum atomic E-state index is 0.240. The van der Waals surface area contributed by atoms with Crippen molar-refractivity contribution in [2.45, 2.75) is 0 Å². The molecule has 0 aliphatic heterocycles. The molecule has 43 heavy (non-hydrogen) atoms. The van der Waals surface area contributed by atoms with Crippen LogP contribution in [0.25, 0.3) is 46.4 Å². The lowest BCUT2D eigenvalue weighted by atomic mass is 10.1. The molecule has 5 rings (SSSR count). The number of hydrogen-bond donors (Lipinski definition) is 0. The summed E-state index contributed by atoms with van der Waals surface area (Å²) in [6.07, 6.45) is 6.62. The number of hydrogen-bond acceptors (Lipinski definition) is 9. The number of carbonyl (C=O) groups excluding carboxylic acids is 3. The van der Waals surface area contributed by atoms with Crippen molar-refractivity contribution in [3.63, 3.8) is 0 Å².